The molecule has 63 heavy (non-hydrogen) atoms. The molecule has 19 heteroatoms. The minimum absolute atomic E-state index is 0.0283. The quantitative estimate of drug-likeness (QED) is 0.0295. The molecule has 0 aliphatic carbocycles. The van der Waals surface area contributed by atoms with Crippen molar-refractivity contribution < 1.29 is 78.6 Å². The molecular formula is C44H50F6N2O11. The summed E-state index contributed by atoms with van der Waals surface area (Å²) in [6.45, 7) is 4.26. The minimum Gasteiger partial charge on any atom is -0.460 e. The molecule has 0 fully saturated rings. The molecule has 4 aromatic rings. The van der Waals surface area contributed by atoms with Crippen LogP contribution in [-0.4, -0.2) is 118 Å². The van der Waals surface area contributed by atoms with E-state index in [0.29, 0.717) is 77.4 Å². The predicted molar refractivity (Wildman–Crippen MR) is 219 cm³/mol. The number of ether oxygens (including phenoxy) is 9. The Labute approximate surface area is 360 Å². The molecule has 4 rings (SSSR count). The monoisotopic (exact) mass is 896 g/mol. The summed E-state index contributed by atoms with van der Waals surface area (Å²) in [5, 5.41) is 5.69. The Balaban J connectivity index is 0.888. The molecule has 0 saturated heterocycles. The lowest BCUT2D eigenvalue weighted by Gasteiger charge is -2.13. The van der Waals surface area contributed by atoms with E-state index in [9.17, 15) is 35.9 Å². The summed E-state index contributed by atoms with van der Waals surface area (Å²) in [4.78, 5) is 25.2. The highest BCUT2D eigenvalue weighted by atomic mass is 19.4. The molecule has 344 valence electrons. The van der Waals surface area contributed by atoms with Crippen LogP contribution in [0.2, 0.25) is 0 Å². The molecule has 2 N–H and O–H groups in total. The van der Waals surface area contributed by atoms with Crippen molar-refractivity contribution in [3.63, 3.8) is 0 Å². The summed E-state index contributed by atoms with van der Waals surface area (Å²) in [6.07, 6.45) is -8.99. The van der Waals surface area contributed by atoms with Gasteiger partial charge in [0.1, 0.15) is 13.2 Å². The Kier molecular flexibility index (Phi) is 22.2. The van der Waals surface area contributed by atoms with Crippen LogP contribution in [0.5, 0.6) is 0 Å². The molecule has 13 nitrogen and oxygen atoms in total. The van der Waals surface area contributed by atoms with Gasteiger partial charge in [0.25, 0.3) is 0 Å². The molecule has 0 bridgehead atoms. The van der Waals surface area contributed by atoms with Crippen LogP contribution in [0.4, 0.5) is 49.1 Å². The van der Waals surface area contributed by atoms with Crippen LogP contribution >= 0.6 is 0 Å². The van der Waals surface area contributed by atoms with E-state index in [1.54, 1.807) is 36.4 Å². The Morgan fingerprint density at radius 2 is 0.667 bits per heavy atom. The van der Waals surface area contributed by atoms with E-state index in [1.807, 2.05) is 0 Å². The van der Waals surface area contributed by atoms with Gasteiger partial charge in [0.05, 0.1) is 126 Å². The second kappa shape index (κ2) is 27.7. The fraction of sp³-hybridized carbons (Fsp3) is 0.409. The lowest BCUT2D eigenvalue weighted by atomic mass is 10.1. The zero-order valence-corrected chi connectivity index (χ0v) is 34.3. The Hall–Kier alpha value is -5.28. The molecule has 0 aliphatic rings. The number of para-hydroxylation sites is 2. The van der Waals surface area contributed by atoms with Gasteiger partial charge in [0.2, 0.25) is 0 Å². The van der Waals surface area contributed by atoms with Crippen molar-refractivity contribution >= 4 is 34.7 Å². The van der Waals surface area contributed by atoms with Crippen LogP contribution in [0.3, 0.4) is 0 Å². The van der Waals surface area contributed by atoms with Crippen LogP contribution < -0.4 is 10.6 Å². The Morgan fingerprint density at radius 3 is 0.968 bits per heavy atom. The highest BCUT2D eigenvalue weighted by molar-refractivity contribution is 5.97. The van der Waals surface area contributed by atoms with Gasteiger partial charge >= 0.3 is 24.3 Å². The number of alkyl halides is 6. The fourth-order valence-corrected chi connectivity index (χ4v) is 5.36. The van der Waals surface area contributed by atoms with Crippen LogP contribution in [0.1, 0.15) is 31.8 Å². The standard InChI is InChI=1S/C44H50F6N2O11/c45-43(46,47)33-7-5-9-35(31-33)51-39-13-3-1-11-37(39)41(53)62-29-27-60-25-23-58-21-19-56-17-15-55-16-18-57-20-22-59-24-26-61-28-30-63-42(54)38-12-2-4-14-40(38)52-36-10-6-8-34(32-36)44(48,49)50/h1-14,31-32,51-52H,15-30H2. The molecule has 0 amide bonds. The van der Waals surface area contributed by atoms with Gasteiger partial charge in [-0.2, -0.15) is 26.3 Å². The number of benzene rings is 4. The summed E-state index contributed by atoms with van der Waals surface area (Å²) in [5.41, 5.74) is -0.327. The number of hydrogen-bond donors (Lipinski definition) is 2. The van der Waals surface area contributed by atoms with E-state index < -0.39 is 35.4 Å². The maximum absolute atomic E-state index is 13.1. The van der Waals surface area contributed by atoms with E-state index in [4.69, 9.17) is 42.6 Å². The number of esters is 2. The van der Waals surface area contributed by atoms with Gasteiger partial charge in [0, 0.05) is 11.4 Å². The van der Waals surface area contributed by atoms with Crippen LogP contribution in [0.25, 0.3) is 0 Å². The molecule has 0 aliphatic heterocycles. The van der Waals surface area contributed by atoms with Gasteiger partial charge in [-0.3, -0.25) is 0 Å². The third-order valence-corrected chi connectivity index (χ3v) is 8.39. The molecule has 0 atom stereocenters. The summed E-state index contributed by atoms with van der Waals surface area (Å²) in [5.74, 6) is -1.30. The Morgan fingerprint density at radius 1 is 0.381 bits per heavy atom. The number of carbonyl (C=O) groups excluding carboxylic acids is 2. The lowest BCUT2D eigenvalue weighted by molar-refractivity contribution is -0.138. The van der Waals surface area contributed by atoms with Crippen molar-refractivity contribution in [3.8, 4) is 0 Å². The van der Waals surface area contributed by atoms with Gasteiger partial charge in [-0.05, 0) is 60.7 Å². The van der Waals surface area contributed by atoms with Crippen molar-refractivity contribution in [3.05, 3.63) is 119 Å². The zero-order valence-electron chi connectivity index (χ0n) is 34.3. The number of rotatable bonds is 30. The van der Waals surface area contributed by atoms with Crippen molar-refractivity contribution in [2.45, 2.75) is 12.4 Å². The summed E-state index contributed by atoms with van der Waals surface area (Å²) in [7, 11) is 0. The van der Waals surface area contributed by atoms with Crippen LogP contribution in [-0.2, 0) is 55.0 Å². The SMILES string of the molecule is O=C(OCCOCCOCCOCCOCCOCCOCCOCCOC(=O)c1ccccc1Nc1cccc(C(F)(F)F)c1)c1ccccc1Nc1cccc(C(F)(F)F)c1. The van der Waals surface area contributed by atoms with Gasteiger partial charge in [-0.1, -0.05) is 36.4 Å². The number of carbonyl (C=O) groups is 2. The van der Waals surface area contributed by atoms with Gasteiger partial charge < -0.3 is 53.3 Å². The molecule has 0 heterocycles. The average Bonchev–Trinajstić information content (AvgIpc) is 3.26. The van der Waals surface area contributed by atoms with Crippen molar-refractivity contribution in [2.75, 3.05) is 116 Å². The first-order chi connectivity index (χ1) is 30.4. The van der Waals surface area contributed by atoms with E-state index in [2.05, 4.69) is 10.6 Å². The molecule has 4 aromatic carbocycles. The minimum atomic E-state index is -4.49. The third-order valence-electron chi connectivity index (χ3n) is 8.39. The van der Waals surface area contributed by atoms with Gasteiger partial charge in [0.15, 0.2) is 0 Å². The van der Waals surface area contributed by atoms with E-state index in [1.165, 1.54) is 36.4 Å². The highest BCUT2D eigenvalue weighted by Crippen LogP contribution is 2.33. The van der Waals surface area contributed by atoms with Crippen molar-refractivity contribution in [1.82, 2.24) is 0 Å². The second-order valence-electron chi connectivity index (χ2n) is 13.1. The van der Waals surface area contributed by atoms with Crippen LogP contribution in [0, 0.1) is 0 Å². The normalized spacial score (nSPS) is 11.7. The lowest BCUT2D eigenvalue weighted by Crippen LogP contribution is -2.16. The predicted octanol–water partition coefficient (Wildman–Crippen LogP) is 8.34. The number of nitrogens with one attached hydrogen (secondary N) is 2. The average molecular weight is 897 g/mol. The van der Waals surface area contributed by atoms with Gasteiger partial charge in [-0.25, -0.2) is 9.59 Å². The first-order valence-electron chi connectivity index (χ1n) is 19.9. The van der Waals surface area contributed by atoms with E-state index in [0.717, 1.165) is 24.3 Å². The number of hydrogen-bond acceptors (Lipinski definition) is 13. The third kappa shape index (κ3) is 19.8. The maximum atomic E-state index is 13.1. The first kappa shape index (κ1) is 50.4. The molecule has 0 saturated carbocycles. The summed E-state index contributed by atoms with van der Waals surface area (Å²) < 4.78 is 127. The maximum Gasteiger partial charge on any atom is 0.416 e. The molecular weight excluding hydrogens is 846 g/mol. The number of anilines is 4. The second-order valence-corrected chi connectivity index (χ2v) is 13.1. The summed E-state index contributed by atoms with van der Waals surface area (Å²) >= 11 is 0. The smallest absolute Gasteiger partial charge is 0.416 e. The Bertz CT molecular complexity index is 1810. The highest BCUT2D eigenvalue weighted by Gasteiger charge is 2.31. The molecule has 0 spiro atoms. The first-order valence-corrected chi connectivity index (χ1v) is 19.9. The van der Waals surface area contributed by atoms with Crippen molar-refractivity contribution in [1.29, 1.82) is 0 Å². The summed E-state index contributed by atoms with van der Waals surface area (Å²) in [6, 6.07) is 22.0. The fourth-order valence-electron chi connectivity index (χ4n) is 5.36. The molecule has 0 radical (unpaired) electrons. The zero-order chi connectivity index (χ0) is 45.2. The topological polar surface area (TPSA) is 141 Å². The van der Waals surface area contributed by atoms with E-state index >= 15 is 0 Å². The van der Waals surface area contributed by atoms with E-state index in [-0.39, 0.29) is 62.1 Å². The number of halogens is 6. The largest absolute Gasteiger partial charge is 0.460 e. The molecule has 0 aromatic heterocycles. The van der Waals surface area contributed by atoms with Gasteiger partial charge in [-0.15, -0.1) is 0 Å². The molecule has 0 unspecified atom stereocenters. The van der Waals surface area contributed by atoms with Crippen LogP contribution in [0.15, 0.2) is 97.1 Å². The van der Waals surface area contributed by atoms with Crippen molar-refractivity contribution in [2.24, 2.45) is 0 Å².